The Morgan fingerprint density at radius 2 is 2.16 bits per heavy atom. The van der Waals surface area contributed by atoms with Gasteiger partial charge in [-0.3, -0.25) is 4.79 Å². The van der Waals surface area contributed by atoms with E-state index in [9.17, 15) is 4.79 Å². The molecule has 0 saturated carbocycles. The average molecular weight is 358 g/mol. The summed E-state index contributed by atoms with van der Waals surface area (Å²) in [4.78, 5) is 22.2. The number of carbonyl (C=O) groups excluding carboxylic acids is 1. The van der Waals surface area contributed by atoms with Crippen molar-refractivity contribution in [3.8, 4) is 0 Å². The number of hydrogen-bond donors (Lipinski definition) is 2. The number of rotatable bonds is 5. The maximum Gasteiger partial charge on any atom is 0.242 e. The Bertz CT molecular complexity index is 865. The molecule has 0 aliphatic heterocycles. The molecule has 0 aromatic carbocycles. The Labute approximate surface area is 150 Å². The second-order valence-electron chi connectivity index (χ2n) is 6.89. The fraction of sp³-hybridized carbons (Fsp3) is 0.412. The number of amides is 1. The topological polar surface area (TPSA) is 84.7 Å². The Morgan fingerprint density at radius 3 is 2.80 bits per heavy atom. The summed E-state index contributed by atoms with van der Waals surface area (Å²) in [5.41, 5.74) is 0.548. The van der Waals surface area contributed by atoms with E-state index in [0.717, 1.165) is 10.3 Å². The second kappa shape index (κ2) is 6.79. The van der Waals surface area contributed by atoms with Gasteiger partial charge < -0.3 is 10.6 Å². The lowest BCUT2D eigenvalue weighted by Crippen LogP contribution is -2.38. The van der Waals surface area contributed by atoms with Crippen molar-refractivity contribution < 1.29 is 4.79 Å². The minimum absolute atomic E-state index is 0.0516. The molecule has 1 unspecified atom stereocenters. The minimum Gasteiger partial charge on any atom is -0.372 e. The number of thiophene rings is 1. The van der Waals surface area contributed by atoms with Gasteiger partial charge in [-0.25, -0.2) is 14.6 Å². The average Bonchev–Trinajstić information content (AvgIpc) is 3.21. The fourth-order valence-electron chi connectivity index (χ4n) is 2.72. The third-order valence-electron chi connectivity index (χ3n) is 3.96. The summed E-state index contributed by atoms with van der Waals surface area (Å²) in [6.45, 7) is 6.47. The summed E-state index contributed by atoms with van der Waals surface area (Å²) >= 11 is 1.65. The molecule has 0 aliphatic rings. The molecule has 1 amide bonds. The molecule has 25 heavy (non-hydrogen) atoms. The van der Waals surface area contributed by atoms with Crippen LogP contribution in [0.3, 0.4) is 0 Å². The Hall–Kier alpha value is -2.48. The molecule has 8 heteroatoms. The van der Waals surface area contributed by atoms with Gasteiger partial charge in [0.1, 0.15) is 18.7 Å². The number of nitrogens with one attached hydrogen (secondary N) is 2. The number of nitrogens with zero attached hydrogens (tertiary/aromatic N) is 4. The van der Waals surface area contributed by atoms with Crippen molar-refractivity contribution >= 4 is 34.1 Å². The number of aromatic nitrogens is 4. The summed E-state index contributed by atoms with van der Waals surface area (Å²) in [5.74, 6) is 0.603. The molecule has 1 atom stereocenters. The van der Waals surface area contributed by atoms with Crippen molar-refractivity contribution in [3.63, 3.8) is 0 Å². The zero-order valence-electron chi connectivity index (χ0n) is 14.8. The first-order valence-electron chi connectivity index (χ1n) is 8.07. The first kappa shape index (κ1) is 17.3. The Balaban J connectivity index is 1.80. The molecule has 2 N–H and O–H groups in total. The van der Waals surface area contributed by atoms with E-state index in [4.69, 9.17) is 0 Å². The van der Waals surface area contributed by atoms with Crippen molar-refractivity contribution in [2.75, 3.05) is 12.4 Å². The van der Waals surface area contributed by atoms with Crippen molar-refractivity contribution in [2.24, 2.45) is 5.41 Å². The minimum atomic E-state index is -0.0945. The lowest BCUT2D eigenvalue weighted by atomic mass is 9.86. The van der Waals surface area contributed by atoms with Crippen molar-refractivity contribution in [1.29, 1.82) is 0 Å². The van der Waals surface area contributed by atoms with Gasteiger partial charge in [-0.2, -0.15) is 5.10 Å². The monoisotopic (exact) mass is 358 g/mol. The van der Waals surface area contributed by atoms with Gasteiger partial charge in [0.2, 0.25) is 5.91 Å². The predicted octanol–water partition coefficient (Wildman–Crippen LogP) is 2.83. The number of carbonyl (C=O) groups is 1. The van der Waals surface area contributed by atoms with Crippen molar-refractivity contribution in [1.82, 2.24) is 25.1 Å². The van der Waals surface area contributed by atoms with Crippen LogP contribution in [0.1, 0.15) is 31.7 Å². The lowest BCUT2D eigenvalue weighted by molar-refractivity contribution is -0.123. The highest BCUT2D eigenvalue weighted by atomic mass is 32.1. The molecule has 3 rings (SSSR count). The highest BCUT2D eigenvalue weighted by Crippen LogP contribution is 2.35. The van der Waals surface area contributed by atoms with Crippen molar-refractivity contribution in [2.45, 2.75) is 33.4 Å². The molecule has 3 heterocycles. The van der Waals surface area contributed by atoms with E-state index in [-0.39, 0.29) is 23.9 Å². The van der Waals surface area contributed by atoms with Gasteiger partial charge >= 0.3 is 0 Å². The van der Waals surface area contributed by atoms with Crippen LogP contribution in [0.25, 0.3) is 11.0 Å². The van der Waals surface area contributed by atoms with E-state index in [1.807, 2.05) is 11.4 Å². The number of anilines is 1. The van der Waals surface area contributed by atoms with E-state index >= 15 is 0 Å². The van der Waals surface area contributed by atoms with Gasteiger partial charge in [0.15, 0.2) is 5.65 Å². The second-order valence-corrected chi connectivity index (χ2v) is 7.87. The molecular formula is C17H22N6OS. The molecule has 0 saturated heterocycles. The summed E-state index contributed by atoms with van der Waals surface area (Å²) < 4.78 is 1.60. The van der Waals surface area contributed by atoms with E-state index in [2.05, 4.69) is 52.5 Å². The third-order valence-corrected chi connectivity index (χ3v) is 4.90. The maximum absolute atomic E-state index is 12.6. The standard InChI is InChI=1S/C17H22N6OS/c1-17(2,3)14(12-6-5-7-25-12)22-13(24)9-23-16-11(8-21-23)15(18-4)19-10-20-16/h5-8,10,14H,9H2,1-4H3,(H,22,24)(H,18,19,20). The lowest BCUT2D eigenvalue weighted by Gasteiger charge is -2.30. The molecule has 0 radical (unpaired) electrons. The normalized spacial score (nSPS) is 13.0. The quantitative estimate of drug-likeness (QED) is 0.733. The van der Waals surface area contributed by atoms with Gasteiger partial charge in [0, 0.05) is 11.9 Å². The van der Waals surface area contributed by atoms with E-state index < -0.39 is 0 Å². The maximum atomic E-state index is 12.6. The van der Waals surface area contributed by atoms with Gasteiger partial charge in [-0.05, 0) is 16.9 Å². The van der Waals surface area contributed by atoms with Crippen LogP contribution < -0.4 is 10.6 Å². The van der Waals surface area contributed by atoms with Crippen LogP contribution in [0.4, 0.5) is 5.82 Å². The van der Waals surface area contributed by atoms with E-state index in [1.54, 1.807) is 29.3 Å². The summed E-state index contributed by atoms with van der Waals surface area (Å²) in [6, 6.07) is 4.00. The molecule has 3 aromatic heterocycles. The van der Waals surface area contributed by atoms with Gasteiger partial charge in [0.25, 0.3) is 0 Å². The van der Waals surface area contributed by atoms with Crippen LogP contribution in [-0.2, 0) is 11.3 Å². The van der Waals surface area contributed by atoms with Crippen LogP contribution in [-0.4, -0.2) is 32.7 Å². The van der Waals surface area contributed by atoms with Crippen LogP contribution in [0.5, 0.6) is 0 Å². The van der Waals surface area contributed by atoms with E-state index in [0.29, 0.717) is 11.5 Å². The molecule has 0 aliphatic carbocycles. The zero-order valence-corrected chi connectivity index (χ0v) is 15.6. The number of hydrogen-bond acceptors (Lipinski definition) is 6. The molecule has 132 valence electrons. The van der Waals surface area contributed by atoms with Gasteiger partial charge in [0.05, 0.1) is 17.6 Å². The summed E-state index contributed by atoms with van der Waals surface area (Å²) in [7, 11) is 1.79. The van der Waals surface area contributed by atoms with Crippen LogP contribution in [0, 0.1) is 5.41 Å². The number of fused-ring (bicyclic) bond motifs is 1. The fourth-order valence-corrected chi connectivity index (χ4v) is 3.74. The van der Waals surface area contributed by atoms with E-state index in [1.165, 1.54) is 6.33 Å². The smallest absolute Gasteiger partial charge is 0.242 e. The first-order valence-corrected chi connectivity index (χ1v) is 8.95. The highest BCUT2D eigenvalue weighted by Gasteiger charge is 2.28. The Kier molecular flexibility index (Phi) is 4.71. The molecule has 3 aromatic rings. The molecule has 0 spiro atoms. The Morgan fingerprint density at radius 1 is 1.36 bits per heavy atom. The molecule has 0 fully saturated rings. The zero-order chi connectivity index (χ0) is 18.0. The van der Waals surface area contributed by atoms with Crippen molar-refractivity contribution in [3.05, 3.63) is 34.9 Å². The highest BCUT2D eigenvalue weighted by molar-refractivity contribution is 7.10. The predicted molar refractivity (Wildman–Crippen MR) is 99.5 cm³/mol. The molecule has 7 nitrogen and oxygen atoms in total. The SMILES string of the molecule is CNc1ncnc2c1cnn2CC(=O)NC(c1cccs1)C(C)(C)C. The van der Waals surface area contributed by atoms with Crippen LogP contribution in [0.2, 0.25) is 0 Å². The largest absolute Gasteiger partial charge is 0.372 e. The summed E-state index contributed by atoms with van der Waals surface area (Å²) in [6.07, 6.45) is 3.14. The van der Waals surface area contributed by atoms with Gasteiger partial charge in [-0.15, -0.1) is 11.3 Å². The van der Waals surface area contributed by atoms with Crippen LogP contribution in [0.15, 0.2) is 30.0 Å². The summed E-state index contributed by atoms with van der Waals surface area (Å²) in [5, 5.41) is 13.3. The molecular weight excluding hydrogens is 336 g/mol. The first-order chi connectivity index (χ1) is 11.9. The molecule has 0 bridgehead atoms. The van der Waals surface area contributed by atoms with Crippen LogP contribution >= 0.6 is 11.3 Å². The third kappa shape index (κ3) is 3.63. The van der Waals surface area contributed by atoms with Gasteiger partial charge in [-0.1, -0.05) is 26.8 Å².